The molecule has 1 aromatic rings. The smallest absolute Gasteiger partial charge is 0.133 e. The molecular formula is C11H12F3N. The van der Waals surface area contributed by atoms with Crippen LogP contribution in [0.1, 0.15) is 30.9 Å². The summed E-state index contributed by atoms with van der Waals surface area (Å²) in [6.45, 7) is 0. The van der Waals surface area contributed by atoms with E-state index in [1.807, 2.05) is 0 Å². The summed E-state index contributed by atoms with van der Waals surface area (Å²) in [6.07, 6.45) is 2.70. The normalized spacial score (nSPS) is 17.9. The molecule has 0 saturated heterocycles. The van der Waals surface area contributed by atoms with Gasteiger partial charge in [0.05, 0.1) is 0 Å². The number of benzene rings is 1. The van der Waals surface area contributed by atoms with Gasteiger partial charge in [-0.1, -0.05) is 12.8 Å². The third kappa shape index (κ3) is 2.31. The molecule has 0 unspecified atom stereocenters. The van der Waals surface area contributed by atoms with Crippen LogP contribution in [0.25, 0.3) is 0 Å². The second kappa shape index (κ2) is 3.85. The molecule has 1 nitrogen and oxygen atoms in total. The van der Waals surface area contributed by atoms with Gasteiger partial charge >= 0.3 is 0 Å². The standard InChI is InChI=1S/C11H12F3N/c12-7-4-8(13)11(9(14)5-7)10(15)3-6-1-2-6/h4-6,10H,1-3,15H2/t10-/m0/s1. The van der Waals surface area contributed by atoms with Gasteiger partial charge in [-0.25, -0.2) is 13.2 Å². The highest BCUT2D eigenvalue weighted by Gasteiger charge is 2.27. The van der Waals surface area contributed by atoms with Crippen molar-refractivity contribution in [1.29, 1.82) is 0 Å². The Bertz CT molecular complexity index is 351. The summed E-state index contributed by atoms with van der Waals surface area (Å²) in [5, 5.41) is 0. The molecular weight excluding hydrogens is 203 g/mol. The molecule has 1 fully saturated rings. The van der Waals surface area contributed by atoms with Crippen LogP contribution in [-0.4, -0.2) is 0 Å². The van der Waals surface area contributed by atoms with Crippen LogP contribution in [0.5, 0.6) is 0 Å². The predicted octanol–water partition coefficient (Wildman–Crippen LogP) is 2.90. The van der Waals surface area contributed by atoms with Crippen LogP contribution >= 0.6 is 0 Å². The van der Waals surface area contributed by atoms with E-state index in [0.29, 0.717) is 24.5 Å². The fraction of sp³-hybridized carbons (Fsp3) is 0.455. The lowest BCUT2D eigenvalue weighted by Crippen LogP contribution is -2.15. The monoisotopic (exact) mass is 215 g/mol. The van der Waals surface area contributed by atoms with Crippen molar-refractivity contribution in [3.05, 3.63) is 35.1 Å². The molecule has 0 aromatic heterocycles. The summed E-state index contributed by atoms with van der Waals surface area (Å²) < 4.78 is 39.2. The topological polar surface area (TPSA) is 26.0 Å². The molecule has 1 aromatic carbocycles. The first kappa shape index (κ1) is 10.5. The lowest BCUT2D eigenvalue weighted by atomic mass is 10.0. The largest absolute Gasteiger partial charge is 0.324 e. The number of hydrogen-bond donors (Lipinski definition) is 1. The molecule has 0 bridgehead atoms. The Morgan fingerprint density at radius 2 is 1.73 bits per heavy atom. The minimum atomic E-state index is -0.910. The Morgan fingerprint density at radius 1 is 1.20 bits per heavy atom. The first-order chi connectivity index (χ1) is 7.08. The molecule has 0 radical (unpaired) electrons. The van der Waals surface area contributed by atoms with Crippen molar-refractivity contribution in [3.63, 3.8) is 0 Å². The minimum Gasteiger partial charge on any atom is -0.324 e. The van der Waals surface area contributed by atoms with E-state index in [1.165, 1.54) is 0 Å². The van der Waals surface area contributed by atoms with Crippen LogP contribution < -0.4 is 5.73 Å². The van der Waals surface area contributed by atoms with Crippen molar-refractivity contribution in [3.8, 4) is 0 Å². The average Bonchev–Trinajstić information content (AvgIpc) is 2.85. The second-order valence-electron chi connectivity index (χ2n) is 4.07. The van der Waals surface area contributed by atoms with Gasteiger partial charge in [-0.05, 0) is 12.3 Å². The Balaban J connectivity index is 2.24. The molecule has 2 N–H and O–H groups in total. The third-order valence-electron chi connectivity index (χ3n) is 2.70. The molecule has 0 heterocycles. The van der Waals surface area contributed by atoms with Crippen molar-refractivity contribution in [2.45, 2.75) is 25.3 Å². The predicted molar refractivity (Wildman–Crippen MR) is 50.6 cm³/mol. The Kier molecular flexibility index (Phi) is 2.69. The van der Waals surface area contributed by atoms with E-state index in [2.05, 4.69) is 0 Å². The van der Waals surface area contributed by atoms with Gasteiger partial charge in [0.1, 0.15) is 17.5 Å². The molecule has 2 rings (SSSR count). The van der Waals surface area contributed by atoms with E-state index >= 15 is 0 Å². The van der Waals surface area contributed by atoms with E-state index in [9.17, 15) is 13.2 Å². The quantitative estimate of drug-likeness (QED) is 0.824. The SMILES string of the molecule is N[C@@H](CC1CC1)c1c(F)cc(F)cc1F. The van der Waals surface area contributed by atoms with Gasteiger partial charge < -0.3 is 5.73 Å². The molecule has 1 atom stereocenters. The first-order valence-corrected chi connectivity index (χ1v) is 4.98. The fourth-order valence-corrected chi connectivity index (χ4v) is 1.74. The zero-order valence-electron chi connectivity index (χ0n) is 8.14. The van der Waals surface area contributed by atoms with Crippen molar-refractivity contribution < 1.29 is 13.2 Å². The molecule has 1 aliphatic rings. The first-order valence-electron chi connectivity index (χ1n) is 4.98. The molecule has 82 valence electrons. The average molecular weight is 215 g/mol. The van der Waals surface area contributed by atoms with E-state index < -0.39 is 23.5 Å². The Labute approximate surface area is 86.1 Å². The van der Waals surface area contributed by atoms with Gasteiger partial charge in [-0.3, -0.25) is 0 Å². The summed E-state index contributed by atoms with van der Waals surface area (Å²) in [4.78, 5) is 0. The highest BCUT2D eigenvalue weighted by atomic mass is 19.1. The number of halogens is 3. The molecule has 15 heavy (non-hydrogen) atoms. The number of nitrogens with two attached hydrogens (primary N) is 1. The number of rotatable bonds is 3. The molecule has 4 heteroatoms. The summed E-state index contributed by atoms with van der Waals surface area (Å²) in [7, 11) is 0. The lowest BCUT2D eigenvalue weighted by molar-refractivity contribution is 0.483. The molecule has 0 aliphatic heterocycles. The van der Waals surface area contributed by atoms with Gasteiger partial charge in [0, 0.05) is 23.7 Å². The molecule has 1 aliphatic carbocycles. The fourth-order valence-electron chi connectivity index (χ4n) is 1.74. The van der Waals surface area contributed by atoms with Crippen LogP contribution in [0.2, 0.25) is 0 Å². The van der Waals surface area contributed by atoms with Crippen LogP contribution in [0.4, 0.5) is 13.2 Å². The van der Waals surface area contributed by atoms with Crippen molar-refractivity contribution in [1.82, 2.24) is 0 Å². The van der Waals surface area contributed by atoms with E-state index in [1.54, 1.807) is 0 Å². The van der Waals surface area contributed by atoms with Crippen LogP contribution in [-0.2, 0) is 0 Å². The van der Waals surface area contributed by atoms with Crippen molar-refractivity contribution in [2.75, 3.05) is 0 Å². The maximum atomic E-state index is 13.3. The summed E-state index contributed by atoms with van der Waals surface area (Å²) >= 11 is 0. The van der Waals surface area contributed by atoms with Gasteiger partial charge in [0.25, 0.3) is 0 Å². The van der Waals surface area contributed by atoms with Gasteiger partial charge in [0.15, 0.2) is 0 Å². The Hall–Kier alpha value is -1.03. The van der Waals surface area contributed by atoms with Crippen LogP contribution in [0.15, 0.2) is 12.1 Å². The lowest BCUT2D eigenvalue weighted by Gasteiger charge is -2.13. The van der Waals surface area contributed by atoms with Gasteiger partial charge in [-0.2, -0.15) is 0 Å². The Morgan fingerprint density at radius 3 is 2.20 bits per heavy atom. The van der Waals surface area contributed by atoms with Crippen LogP contribution in [0, 0.1) is 23.4 Å². The molecule has 0 amide bonds. The summed E-state index contributed by atoms with van der Waals surface area (Å²) in [5.41, 5.74) is 5.49. The second-order valence-corrected chi connectivity index (χ2v) is 4.07. The van der Waals surface area contributed by atoms with Gasteiger partial charge in [0.2, 0.25) is 0 Å². The van der Waals surface area contributed by atoms with Crippen LogP contribution in [0.3, 0.4) is 0 Å². The molecule has 0 spiro atoms. The number of hydrogen-bond acceptors (Lipinski definition) is 1. The van der Waals surface area contributed by atoms with Crippen molar-refractivity contribution in [2.24, 2.45) is 11.7 Å². The summed E-state index contributed by atoms with van der Waals surface area (Å²) in [6, 6.07) is 0.675. The maximum absolute atomic E-state index is 13.3. The maximum Gasteiger partial charge on any atom is 0.133 e. The molecule has 1 saturated carbocycles. The highest BCUT2D eigenvalue weighted by Crippen LogP contribution is 2.37. The zero-order valence-corrected chi connectivity index (χ0v) is 8.14. The zero-order chi connectivity index (χ0) is 11.0. The minimum absolute atomic E-state index is 0.191. The van der Waals surface area contributed by atoms with E-state index in [-0.39, 0.29) is 5.56 Å². The van der Waals surface area contributed by atoms with Crippen molar-refractivity contribution >= 4 is 0 Å². The highest BCUT2D eigenvalue weighted by molar-refractivity contribution is 5.24. The third-order valence-corrected chi connectivity index (χ3v) is 2.70. The van der Waals surface area contributed by atoms with E-state index in [0.717, 1.165) is 12.8 Å². The van der Waals surface area contributed by atoms with Gasteiger partial charge in [-0.15, -0.1) is 0 Å². The van der Waals surface area contributed by atoms with E-state index in [4.69, 9.17) is 5.73 Å². The summed E-state index contributed by atoms with van der Waals surface area (Å²) in [5.74, 6) is -2.21.